The van der Waals surface area contributed by atoms with Crippen molar-refractivity contribution in [1.29, 1.82) is 0 Å². The van der Waals surface area contributed by atoms with E-state index >= 15 is 0 Å². The molecule has 1 aliphatic carbocycles. The lowest BCUT2D eigenvalue weighted by molar-refractivity contribution is 0.0923. The smallest absolute Gasteiger partial charge is 0.272 e. The fraction of sp³-hybridized carbons (Fsp3) is 0.462. The zero-order valence-electron chi connectivity index (χ0n) is 11.1. The second-order valence-corrected chi connectivity index (χ2v) is 5.06. The molecule has 2 heterocycles. The Bertz CT molecular complexity index is 596. The van der Waals surface area contributed by atoms with Crippen molar-refractivity contribution in [3.05, 3.63) is 35.9 Å². The average Bonchev–Trinajstić information content (AvgIpc) is 3.00. The molecule has 1 saturated carbocycles. The van der Waals surface area contributed by atoms with E-state index in [0.717, 1.165) is 24.4 Å². The van der Waals surface area contributed by atoms with Gasteiger partial charge in [-0.3, -0.25) is 4.79 Å². The van der Waals surface area contributed by atoms with Gasteiger partial charge in [0.2, 0.25) is 0 Å². The van der Waals surface area contributed by atoms with Crippen LogP contribution in [0.2, 0.25) is 0 Å². The molecule has 6 nitrogen and oxygen atoms in total. The molecule has 2 aromatic rings. The Morgan fingerprint density at radius 1 is 1.53 bits per heavy atom. The summed E-state index contributed by atoms with van der Waals surface area (Å²) >= 11 is 0. The molecule has 2 N–H and O–H groups in total. The summed E-state index contributed by atoms with van der Waals surface area (Å²) in [6.07, 6.45) is 7.47. The van der Waals surface area contributed by atoms with Gasteiger partial charge in [-0.15, -0.1) is 0 Å². The number of hydrogen-bond donors (Lipinski definition) is 2. The summed E-state index contributed by atoms with van der Waals surface area (Å²) in [7, 11) is 1.95. The van der Waals surface area contributed by atoms with Gasteiger partial charge in [0, 0.05) is 25.1 Å². The maximum Gasteiger partial charge on any atom is 0.272 e. The maximum atomic E-state index is 12.2. The number of aromatic nitrogens is 4. The van der Waals surface area contributed by atoms with Crippen molar-refractivity contribution in [2.24, 2.45) is 13.0 Å². The van der Waals surface area contributed by atoms with Gasteiger partial charge in [-0.2, -0.15) is 0 Å². The zero-order valence-corrected chi connectivity index (χ0v) is 11.1. The molecular formula is C13H17N5O. The monoisotopic (exact) mass is 259 g/mol. The summed E-state index contributed by atoms with van der Waals surface area (Å²) in [6, 6.07) is -0.0244. The Labute approximate surface area is 111 Å². The average molecular weight is 259 g/mol. The Balaban J connectivity index is 1.81. The summed E-state index contributed by atoms with van der Waals surface area (Å²) in [5.41, 5.74) is 1.24. The van der Waals surface area contributed by atoms with E-state index in [9.17, 15) is 4.79 Å². The Morgan fingerprint density at radius 2 is 2.32 bits per heavy atom. The lowest BCUT2D eigenvalue weighted by Crippen LogP contribution is -2.32. The first kappa shape index (κ1) is 12.0. The molecule has 1 aliphatic rings. The van der Waals surface area contributed by atoms with Crippen LogP contribution in [0.25, 0.3) is 0 Å². The molecule has 3 rings (SSSR count). The Hall–Kier alpha value is -2.11. The third kappa shape index (κ3) is 2.25. The summed E-state index contributed by atoms with van der Waals surface area (Å²) in [6.45, 7) is 1.84. The molecule has 19 heavy (non-hydrogen) atoms. The van der Waals surface area contributed by atoms with Gasteiger partial charge in [0.05, 0.1) is 12.4 Å². The third-order valence-electron chi connectivity index (χ3n) is 3.56. The summed E-state index contributed by atoms with van der Waals surface area (Å²) < 4.78 is 1.96. The number of aromatic amines is 1. The molecule has 0 saturated heterocycles. The summed E-state index contributed by atoms with van der Waals surface area (Å²) in [5, 5.41) is 3.06. The highest BCUT2D eigenvalue weighted by molar-refractivity contribution is 5.93. The van der Waals surface area contributed by atoms with Crippen molar-refractivity contribution >= 4 is 5.91 Å². The summed E-state index contributed by atoms with van der Waals surface area (Å²) in [5.74, 6) is 1.26. The van der Waals surface area contributed by atoms with Gasteiger partial charge >= 0.3 is 0 Å². The molecule has 1 amide bonds. The van der Waals surface area contributed by atoms with Gasteiger partial charge in [-0.25, -0.2) is 9.97 Å². The number of amides is 1. The summed E-state index contributed by atoms with van der Waals surface area (Å²) in [4.78, 5) is 23.6. The van der Waals surface area contributed by atoms with Crippen LogP contribution in [0.4, 0.5) is 0 Å². The standard InChI is InChI=1S/C13H17N5O/c1-8-10(16-7-15-8)13(19)17-11(9-3-4-9)12-14-5-6-18(12)2/h5-7,9,11H,3-4H2,1-2H3,(H,15,16)(H,17,19). The third-order valence-corrected chi connectivity index (χ3v) is 3.56. The van der Waals surface area contributed by atoms with Crippen LogP contribution >= 0.6 is 0 Å². The van der Waals surface area contributed by atoms with Crippen LogP contribution in [0.15, 0.2) is 18.7 Å². The van der Waals surface area contributed by atoms with Gasteiger partial charge in [-0.05, 0) is 25.7 Å². The molecule has 6 heteroatoms. The van der Waals surface area contributed by atoms with Crippen LogP contribution < -0.4 is 5.32 Å². The van der Waals surface area contributed by atoms with Crippen molar-refractivity contribution in [3.8, 4) is 0 Å². The number of rotatable bonds is 4. The van der Waals surface area contributed by atoms with Gasteiger partial charge in [0.25, 0.3) is 5.91 Å². The van der Waals surface area contributed by atoms with Crippen LogP contribution in [0.3, 0.4) is 0 Å². The van der Waals surface area contributed by atoms with Crippen LogP contribution in [-0.4, -0.2) is 25.4 Å². The van der Waals surface area contributed by atoms with E-state index in [4.69, 9.17) is 0 Å². The van der Waals surface area contributed by atoms with E-state index < -0.39 is 0 Å². The highest BCUT2D eigenvalue weighted by Crippen LogP contribution is 2.40. The van der Waals surface area contributed by atoms with Crippen LogP contribution in [0, 0.1) is 12.8 Å². The molecule has 2 aromatic heterocycles. The minimum Gasteiger partial charge on any atom is -0.348 e. The number of aryl methyl sites for hydroxylation is 2. The number of imidazole rings is 2. The maximum absolute atomic E-state index is 12.2. The van der Waals surface area contributed by atoms with Gasteiger partial charge in [-0.1, -0.05) is 0 Å². The SMILES string of the molecule is Cc1[nH]cnc1C(=O)NC(c1nccn1C)C1CC1. The lowest BCUT2D eigenvalue weighted by Gasteiger charge is -2.17. The van der Waals surface area contributed by atoms with Crippen molar-refractivity contribution < 1.29 is 4.79 Å². The molecule has 0 aromatic carbocycles. The molecule has 0 radical (unpaired) electrons. The van der Waals surface area contributed by atoms with Crippen LogP contribution in [-0.2, 0) is 7.05 Å². The van der Waals surface area contributed by atoms with E-state index in [1.54, 1.807) is 6.20 Å². The number of H-pyrrole nitrogens is 1. The van der Waals surface area contributed by atoms with E-state index in [2.05, 4.69) is 20.3 Å². The molecule has 1 atom stereocenters. The fourth-order valence-corrected chi connectivity index (χ4v) is 2.30. The normalized spacial score (nSPS) is 16.3. The zero-order chi connectivity index (χ0) is 13.4. The molecule has 0 bridgehead atoms. The first-order valence-corrected chi connectivity index (χ1v) is 6.45. The first-order chi connectivity index (χ1) is 9.16. The lowest BCUT2D eigenvalue weighted by atomic mass is 10.1. The molecule has 0 aliphatic heterocycles. The Morgan fingerprint density at radius 3 is 2.84 bits per heavy atom. The van der Waals surface area contributed by atoms with Gasteiger partial charge in [0.15, 0.2) is 0 Å². The Kier molecular flexibility index (Phi) is 2.85. The van der Waals surface area contributed by atoms with E-state index in [1.807, 2.05) is 24.7 Å². The quantitative estimate of drug-likeness (QED) is 0.869. The largest absolute Gasteiger partial charge is 0.348 e. The highest BCUT2D eigenvalue weighted by Gasteiger charge is 2.36. The molecule has 1 unspecified atom stereocenters. The first-order valence-electron chi connectivity index (χ1n) is 6.45. The van der Waals surface area contributed by atoms with Crippen molar-refractivity contribution in [2.45, 2.75) is 25.8 Å². The topological polar surface area (TPSA) is 75.6 Å². The van der Waals surface area contributed by atoms with E-state index in [1.165, 1.54) is 6.33 Å². The van der Waals surface area contributed by atoms with Crippen molar-refractivity contribution in [2.75, 3.05) is 0 Å². The number of hydrogen-bond acceptors (Lipinski definition) is 3. The second kappa shape index (κ2) is 4.53. The van der Waals surface area contributed by atoms with E-state index in [-0.39, 0.29) is 11.9 Å². The predicted octanol–water partition coefficient (Wildman–Crippen LogP) is 1.33. The predicted molar refractivity (Wildman–Crippen MR) is 69.5 cm³/mol. The number of carbonyl (C=O) groups is 1. The minimum atomic E-state index is -0.140. The fourth-order valence-electron chi connectivity index (χ4n) is 2.30. The van der Waals surface area contributed by atoms with Gasteiger partial charge < -0.3 is 14.9 Å². The number of nitrogens with one attached hydrogen (secondary N) is 2. The van der Waals surface area contributed by atoms with Crippen LogP contribution in [0.5, 0.6) is 0 Å². The van der Waals surface area contributed by atoms with E-state index in [0.29, 0.717) is 11.6 Å². The number of nitrogens with zero attached hydrogens (tertiary/aromatic N) is 3. The molecule has 100 valence electrons. The van der Waals surface area contributed by atoms with Crippen LogP contribution in [0.1, 0.15) is 40.9 Å². The van der Waals surface area contributed by atoms with Crippen molar-refractivity contribution in [3.63, 3.8) is 0 Å². The van der Waals surface area contributed by atoms with Crippen molar-refractivity contribution in [1.82, 2.24) is 24.8 Å². The minimum absolute atomic E-state index is 0.0244. The number of carbonyl (C=O) groups excluding carboxylic acids is 1. The molecule has 1 fully saturated rings. The van der Waals surface area contributed by atoms with Gasteiger partial charge in [0.1, 0.15) is 11.5 Å². The molecule has 0 spiro atoms. The second-order valence-electron chi connectivity index (χ2n) is 5.06. The highest BCUT2D eigenvalue weighted by atomic mass is 16.2. The molecular weight excluding hydrogens is 242 g/mol.